The summed E-state index contributed by atoms with van der Waals surface area (Å²) in [5, 5.41) is 2.82. The molecule has 1 unspecified atom stereocenters. The maximum absolute atomic E-state index is 12.8. The molecule has 0 radical (unpaired) electrons. The first kappa shape index (κ1) is 18.6. The third-order valence-electron chi connectivity index (χ3n) is 4.88. The third kappa shape index (κ3) is 4.16. The fourth-order valence-electron chi connectivity index (χ4n) is 3.47. The van der Waals surface area contributed by atoms with Gasteiger partial charge in [-0.15, -0.1) is 0 Å². The van der Waals surface area contributed by atoms with E-state index >= 15 is 0 Å². The Kier molecular flexibility index (Phi) is 5.54. The van der Waals surface area contributed by atoms with Crippen molar-refractivity contribution in [1.82, 2.24) is 4.90 Å². The summed E-state index contributed by atoms with van der Waals surface area (Å²) in [5.74, 6) is -1.17. The number of hydrogen-bond donors (Lipinski definition) is 2. The summed E-state index contributed by atoms with van der Waals surface area (Å²) in [7, 11) is 0. The van der Waals surface area contributed by atoms with Gasteiger partial charge in [0.1, 0.15) is 0 Å². The molecule has 1 atom stereocenters. The molecule has 1 aliphatic heterocycles. The lowest BCUT2D eigenvalue weighted by atomic mass is 9.96. The summed E-state index contributed by atoms with van der Waals surface area (Å²) in [4.78, 5) is 38.8. The minimum atomic E-state index is -0.576. The highest BCUT2D eigenvalue weighted by Gasteiger charge is 2.29. The zero-order valence-electron chi connectivity index (χ0n) is 15.3. The average molecular weight is 365 g/mol. The van der Waals surface area contributed by atoms with Crippen molar-refractivity contribution in [1.29, 1.82) is 0 Å². The number of rotatable bonds is 4. The number of nitrogens with zero attached hydrogens (tertiary/aromatic N) is 1. The molecule has 0 bridgehead atoms. The van der Waals surface area contributed by atoms with Crippen LogP contribution in [0, 0.1) is 12.8 Å². The van der Waals surface area contributed by atoms with Gasteiger partial charge in [-0.3, -0.25) is 14.4 Å². The predicted octanol–water partition coefficient (Wildman–Crippen LogP) is 2.58. The van der Waals surface area contributed by atoms with Gasteiger partial charge in [-0.05, 0) is 43.5 Å². The van der Waals surface area contributed by atoms with Crippen molar-refractivity contribution in [2.75, 3.05) is 18.4 Å². The molecule has 0 saturated carbocycles. The van der Waals surface area contributed by atoms with Crippen molar-refractivity contribution >= 4 is 23.4 Å². The summed E-state index contributed by atoms with van der Waals surface area (Å²) in [6.07, 6.45) is 1.45. The number of carbonyl (C=O) groups excluding carboxylic acids is 3. The van der Waals surface area contributed by atoms with Gasteiger partial charge in [0.2, 0.25) is 5.91 Å². The molecular weight excluding hydrogens is 342 g/mol. The Morgan fingerprint density at radius 1 is 1.07 bits per heavy atom. The van der Waals surface area contributed by atoms with Crippen LogP contribution >= 0.6 is 0 Å². The third-order valence-corrected chi connectivity index (χ3v) is 4.88. The van der Waals surface area contributed by atoms with E-state index in [1.165, 1.54) is 0 Å². The lowest BCUT2D eigenvalue weighted by molar-refractivity contribution is -0.121. The van der Waals surface area contributed by atoms with Crippen LogP contribution in [0.15, 0.2) is 48.5 Å². The number of aryl methyl sites for hydroxylation is 1. The normalized spacial score (nSPS) is 16.6. The first-order valence-corrected chi connectivity index (χ1v) is 9.02. The zero-order chi connectivity index (χ0) is 19.4. The highest BCUT2D eigenvalue weighted by molar-refractivity contribution is 6.04. The Bertz CT molecular complexity index is 864. The highest BCUT2D eigenvalue weighted by Crippen LogP contribution is 2.23. The van der Waals surface area contributed by atoms with E-state index in [1.807, 2.05) is 18.2 Å². The van der Waals surface area contributed by atoms with Gasteiger partial charge in [-0.25, -0.2) is 0 Å². The zero-order valence-corrected chi connectivity index (χ0v) is 15.3. The number of amides is 3. The standard InChI is InChI=1S/C21H23N3O3/c1-14-7-5-11-17(18(14)19(22)25)23-20(26)16-10-6-12-24(13-16)21(27)15-8-3-2-4-9-15/h2-5,7-9,11,16H,6,10,12-13H2,1H3,(H2,22,25)(H,23,26). The monoisotopic (exact) mass is 365 g/mol. The second-order valence-electron chi connectivity index (χ2n) is 6.81. The number of nitrogens with one attached hydrogen (secondary N) is 1. The first-order valence-electron chi connectivity index (χ1n) is 9.02. The molecule has 2 aromatic carbocycles. The molecule has 6 nitrogen and oxygen atoms in total. The van der Waals surface area contributed by atoms with E-state index in [4.69, 9.17) is 5.73 Å². The fraction of sp³-hybridized carbons (Fsp3) is 0.286. The van der Waals surface area contributed by atoms with Gasteiger partial charge in [0.15, 0.2) is 0 Å². The number of carbonyl (C=O) groups is 3. The molecule has 0 aromatic heterocycles. The van der Waals surface area contributed by atoms with Gasteiger partial charge < -0.3 is 16.0 Å². The molecule has 140 valence electrons. The van der Waals surface area contributed by atoms with Crippen LogP contribution in [0.25, 0.3) is 0 Å². The number of anilines is 1. The molecule has 3 amide bonds. The average Bonchev–Trinajstić information content (AvgIpc) is 2.68. The molecule has 3 rings (SSSR count). The Morgan fingerprint density at radius 3 is 2.52 bits per heavy atom. The summed E-state index contributed by atoms with van der Waals surface area (Å²) in [5.41, 5.74) is 7.52. The molecule has 0 aliphatic carbocycles. The van der Waals surface area contributed by atoms with Gasteiger partial charge >= 0.3 is 0 Å². The Balaban J connectivity index is 1.72. The number of hydrogen-bond acceptors (Lipinski definition) is 3. The molecule has 1 saturated heterocycles. The van der Waals surface area contributed by atoms with Crippen LogP contribution in [0.1, 0.15) is 39.1 Å². The molecular formula is C21H23N3O3. The largest absolute Gasteiger partial charge is 0.366 e. The van der Waals surface area contributed by atoms with Crippen molar-refractivity contribution in [2.24, 2.45) is 11.7 Å². The van der Waals surface area contributed by atoms with Gasteiger partial charge in [-0.1, -0.05) is 30.3 Å². The molecule has 1 aliphatic rings. The first-order chi connectivity index (χ1) is 13.0. The van der Waals surface area contributed by atoms with E-state index in [9.17, 15) is 14.4 Å². The van der Waals surface area contributed by atoms with E-state index in [0.29, 0.717) is 41.9 Å². The molecule has 27 heavy (non-hydrogen) atoms. The predicted molar refractivity (Wildman–Crippen MR) is 103 cm³/mol. The highest BCUT2D eigenvalue weighted by atomic mass is 16.2. The van der Waals surface area contributed by atoms with Crippen LogP contribution in [0.5, 0.6) is 0 Å². The Hall–Kier alpha value is -3.15. The van der Waals surface area contributed by atoms with Crippen LogP contribution in [-0.4, -0.2) is 35.7 Å². The smallest absolute Gasteiger partial charge is 0.253 e. The van der Waals surface area contributed by atoms with E-state index in [1.54, 1.807) is 42.2 Å². The van der Waals surface area contributed by atoms with E-state index in [-0.39, 0.29) is 17.7 Å². The number of benzene rings is 2. The summed E-state index contributed by atoms with van der Waals surface area (Å²) < 4.78 is 0. The Morgan fingerprint density at radius 2 is 1.81 bits per heavy atom. The summed E-state index contributed by atoms with van der Waals surface area (Å²) >= 11 is 0. The van der Waals surface area contributed by atoms with E-state index in [0.717, 1.165) is 6.42 Å². The van der Waals surface area contributed by atoms with Crippen molar-refractivity contribution in [3.05, 3.63) is 65.2 Å². The quantitative estimate of drug-likeness (QED) is 0.872. The van der Waals surface area contributed by atoms with Gasteiger partial charge in [-0.2, -0.15) is 0 Å². The van der Waals surface area contributed by atoms with Crippen molar-refractivity contribution in [3.8, 4) is 0 Å². The van der Waals surface area contributed by atoms with Crippen LogP contribution < -0.4 is 11.1 Å². The fourth-order valence-corrected chi connectivity index (χ4v) is 3.47. The maximum Gasteiger partial charge on any atom is 0.253 e. The number of primary amides is 1. The van der Waals surface area contributed by atoms with Gasteiger partial charge in [0, 0.05) is 18.7 Å². The molecule has 0 spiro atoms. The minimum Gasteiger partial charge on any atom is -0.366 e. The van der Waals surface area contributed by atoms with E-state index in [2.05, 4.69) is 5.32 Å². The van der Waals surface area contributed by atoms with Crippen LogP contribution in [-0.2, 0) is 4.79 Å². The SMILES string of the molecule is Cc1cccc(NC(=O)C2CCCN(C(=O)c3ccccc3)C2)c1C(N)=O. The van der Waals surface area contributed by atoms with Crippen molar-refractivity contribution in [3.63, 3.8) is 0 Å². The minimum absolute atomic E-state index is 0.0681. The van der Waals surface area contributed by atoms with Crippen LogP contribution in [0.4, 0.5) is 5.69 Å². The lowest BCUT2D eigenvalue weighted by Gasteiger charge is -2.32. The van der Waals surface area contributed by atoms with Crippen LogP contribution in [0.2, 0.25) is 0 Å². The van der Waals surface area contributed by atoms with Crippen molar-refractivity contribution in [2.45, 2.75) is 19.8 Å². The summed E-state index contributed by atoms with van der Waals surface area (Å²) in [6.45, 7) is 2.77. The number of likely N-dealkylation sites (tertiary alicyclic amines) is 1. The maximum atomic E-state index is 12.8. The second-order valence-corrected chi connectivity index (χ2v) is 6.81. The topological polar surface area (TPSA) is 92.5 Å². The molecule has 2 aromatic rings. The van der Waals surface area contributed by atoms with Gasteiger partial charge in [0.05, 0.1) is 17.2 Å². The van der Waals surface area contributed by atoms with Crippen molar-refractivity contribution < 1.29 is 14.4 Å². The molecule has 1 fully saturated rings. The van der Waals surface area contributed by atoms with Gasteiger partial charge in [0.25, 0.3) is 11.8 Å². The molecule has 6 heteroatoms. The molecule has 3 N–H and O–H groups in total. The number of nitrogens with two attached hydrogens (primary N) is 1. The second kappa shape index (κ2) is 8.03. The van der Waals surface area contributed by atoms with E-state index < -0.39 is 5.91 Å². The van der Waals surface area contributed by atoms with Crippen LogP contribution in [0.3, 0.4) is 0 Å². The molecule has 1 heterocycles. The Labute approximate surface area is 158 Å². The summed E-state index contributed by atoms with van der Waals surface area (Å²) in [6, 6.07) is 14.3. The number of piperidine rings is 1. The lowest BCUT2D eigenvalue weighted by Crippen LogP contribution is -2.43.